The molecule has 1 heterocycles. The van der Waals surface area contributed by atoms with E-state index in [2.05, 4.69) is 9.97 Å². The highest BCUT2D eigenvalue weighted by atomic mass is 16.5. The second-order valence-corrected chi connectivity index (χ2v) is 7.13. The zero-order chi connectivity index (χ0) is 20.9. The quantitative estimate of drug-likeness (QED) is 0.252. The van der Waals surface area contributed by atoms with Gasteiger partial charge < -0.3 is 10.1 Å². The molecule has 3 rings (SSSR count). The Hall–Kier alpha value is -3.32. The third kappa shape index (κ3) is 4.25. The molecular formula is C22H25N3O4. The van der Waals surface area contributed by atoms with Gasteiger partial charge in [-0.25, -0.2) is 9.86 Å². The minimum Gasteiger partial charge on any atom is -0.493 e. The van der Waals surface area contributed by atoms with Crippen molar-refractivity contribution in [2.45, 2.75) is 38.1 Å². The lowest BCUT2D eigenvalue weighted by Gasteiger charge is -2.37. The number of amides is 1. The topological polar surface area (TPSA) is 109 Å². The van der Waals surface area contributed by atoms with Gasteiger partial charge in [0.05, 0.1) is 0 Å². The van der Waals surface area contributed by atoms with Crippen molar-refractivity contribution in [1.82, 2.24) is 15.0 Å². The maximum absolute atomic E-state index is 11.7. The van der Waals surface area contributed by atoms with Crippen LogP contribution in [0.1, 0.15) is 37.4 Å². The Kier molecular flexibility index (Phi) is 6.19. The van der Waals surface area contributed by atoms with E-state index in [-0.39, 0.29) is 18.0 Å². The first-order chi connectivity index (χ1) is 14.0. The molecule has 7 heteroatoms. The molecule has 0 fully saturated rings. The van der Waals surface area contributed by atoms with E-state index in [1.807, 2.05) is 61.5 Å². The number of aromatic hydroxyl groups is 1. The number of nitrogens with zero attached hydrogens (tertiary/aromatic N) is 1. The summed E-state index contributed by atoms with van der Waals surface area (Å²) in [5.41, 5.74) is 1.18. The molecule has 1 aromatic heterocycles. The molecule has 0 aliphatic rings. The van der Waals surface area contributed by atoms with Crippen molar-refractivity contribution in [3.05, 3.63) is 76.3 Å². The molecular weight excluding hydrogens is 370 g/mol. The summed E-state index contributed by atoms with van der Waals surface area (Å²) in [6.45, 7) is 1.99. The largest absolute Gasteiger partial charge is 0.493 e. The molecule has 0 saturated heterocycles. The maximum atomic E-state index is 11.7. The maximum Gasteiger partial charge on any atom is 0.326 e. The van der Waals surface area contributed by atoms with E-state index in [1.165, 1.54) is 0 Å². The van der Waals surface area contributed by atoms with Crippen molar-refractivity contribution in [2.24, 2.45) is 0 Å². The molecule has 0 radical (unpaired) electrons. The Bertz CT molecular complexity index is 995. The second-order valence-electron chi connectivity index (χ2n) is 7.13. The van der Waals surface area contributed by atoms with Crippen LogP contribution in [0.3, 0.4) is 0 Å². The molecule has 1 unspecified atom stereocenters. The number of benzene rings is 2. The van der Waals surface area contributed by atoms with E-state index in [0.717, 1.165) is 23.1 Å². The Labute approximate surface area is 168 Å². The van der Waals surface area contributed by atoms with Gasteiger partial charge in [-0.1, -0.05) is 74.4 Å². The van der Waals surface area contributed by atoms with Crippen molar-refractivity contribution >= 4 is 6.41 Å². The SMILES string of the molecule is CCCCC(Cc1ccc(-c2ccccc2)cc1)(c1[nH]c(=O)[nH]c1O)N(O)C=O. The number of hydrogen-bond acceptors (Lipinski definition) is 4. The minimum absolute atomic E-state index is 0.0951. The van der Waals surface area contributed by atoms with Crippen LogP contribution in [0, 0.1) is 0 Å². The molecule has 0 spiro atoms. The van der Waals surface area contributed by atoms with Crippen LogP contribution in [0.2, 0.25) is 0 Å². The fraction of sp³-hybridized carbons (Fsp3) is 0.273. The van der Waals surface area contributed by atoms with Gasteiger partial charge in [-0.15, -0.1) is 0 Å². The number of nitrogens with one attached hydrogen (secondary N) is 2. The van der Waals surface area contributed by atoms with Gasteiger partial charge >= 0.3 is 5.69 Å². The van der Waals surface area contributed by atoms with Crippen LogP contribution < -0.4 is 5.69 Å². The summed E-state index contributed by atoms with van der Waals surface area (Å²) < 4.78 is 0. The Morgan fingerprint density at radius 1 is 1.03 bits per heavy atom. The molecule has 0 saturated carbocycles. The number of carbonyl (C=O) groups excluding carboxylic acids is 1. The van der Waals surface area contributed by atoms with E-state index in [0.29, 0.717) is 24.3 Å². The monoisotopic (exact) mass is 395 g/mol. The average molecular weight is 395 g/mol. The Morgan fingerprint density at radius 2 is 1.69 bits per heavy atom. The number of hydroxylamine groups is 2. The van der Waals surface area contributed by atoms with Crippen molar-refractivity contribution in [1.29, 1.82) is 0 Å². The van der Waals surface area contributed by atoms with Crippen molar-refractivity contribution in [3.63, 3.8) is 0 Å². The Balaban J connectivity index is 2.01. The van der Waals surface area contributed by atoms with Gasteiger partial charge in [0.25, 0.3) is 0 Å². The Morgan fingerprint density at radius 3 is 2.24 bits per heavy atom. The van der Waals surface area contributed by atoms with Crippen molar-refractivity contribution in [2.75, 3.05) is 0 Å². The van der Waals surface area contributed by atoms with Gasteiger partial charge in [-0.05, 0) is 23.1 Å². The average Bonchev–Trinajstić information content (AvgIpc) is 3.10. The summed E-state index contributed by atoms with van der Waals surface area (Å²) in [4.78, 5) is 28.1. The molecule has 3 aromatic rings. The summed E-state index contributed by atoms with van der Waals surface area (Å²) in [5, 5.41) is 21.3. The number of imidazole rings is 1. The lowest BCUT2D eigenvalue weighted by molar-refractivity contribution is -0.185. The number of rotatable bonds is 9. The summed E-state index contributed by atoms with van der Waals surface area (Å²) in [6.07, 6.45) is 2.38. The standard InChI is InChI=1S/C22H25N3O4/c1-2-3-13-22(25(29)15-26,19-20(27)24-21(28)23-19)14-16-9-11-18(12-10-16)17-7-5-4-6-8-17/h4-12,15,27,29H,2-3,13-14H2,1H3,(H2,23,24,28). The lowest BCUT2D eigenvalue weighted by atomic mass is 9.82. The van der Waals surface area contributed by atoms with E-state index in [1.54, 1.807) is 0 Å². The lowest BCUT2D eigenvalue weighted by Crippen LogP contribution is -2.46. The third-order valence-electron chi connectivity index (χ3n) is 5.21. The van der Waals surface area contributed by atoms with Crippen LogP contribution in [0.4, 0.5) is 0 Å². The first-order valence-electron chi connectivity index (χ1n) is 9.60. The first kappa shape index (κ1) is 20.4. The van der Waals surface area contributed by atoms with E-state index in [9.17, 15) is 19.9 Å². The van der Waals surface area contributed by atoms with E-state index >= 15 is 0 Å². The van der Waals surface area contributed by atoms with Crippen LogP contribution in [0.25, 0.3) is 11.1 Å². The van der Waals surface area contributed by atoms with Crippen LogP contribution >= 0.6 is 0 Å². The number of aromatic nitrogens is 2. The minimum atomic E-state index is -1.30. The second kappa shape index (κ2) is 8.79. The van der Waals surface area contributed by atoms with Gasteiger partial charge in [-0.3, -0.25) is 15.0 Å². The zero-order valence-electron chi connectivity index (χ0n) is 16.3. The fourth-order valence-electron chi connectivity index (χ4n) is 3.68. The highest BCUT2D eigenvalue weighted by Gasteiger charge is 2.42. The molecule has 7 nitrogen and oxygen atoms in total. The highest BCUT2D eigenvalue weighted by molar-refractivity contribution is 5.63. The van der Waals surface area contributed by atoms with Gasteiger partial charge in [0.1, 0.15) is 11.2 Å². The van der Waals surface area contributed by atoms with Gasteiger partial charge in [0, 0.05) is 6.42 Å². The van der Waals surface area contributed by atoms with Crippen LogP contribution in [0.15, 0.2) is 59.4 Å². The van der Waals surface area contributed by atoms with Crippen LogP contribution in [0.5, 0.6) is 5.88 Å². The number of aromatic amines is 2. The summed E-state index contributed by atoms with van der Waals surface area (Å²) in [6, 6.07) is 17.7. The van der Waals surface area contributed by atoms with Gasteiger partial charge in [0.15, 0.2) is 0 Å². The van der Waals surface area contributed by atoms with Crippen molar-refractivity contribution in [3.8, 4) is 17.0 Å². The van der Waals surface area contributed by atoms with Crippen LogP contribution in [-0.4, -0.2) is 31.8 Å². The predicted molar refractivity (Wildman–Crippen MR) is 110 cm³/mol. The van der Waals surface area contributed by atoms with E-state index in [4.69, 9.17) is 0 Å². The molecule has 0 aliphatic carbocycles. The van der Waals surface area contributed by atoms with Gasteiger partial charge in [0.2, 0.25) is 12.3 Å². The highest BCUT2D eigenvalue weighted by Crippen LogP contribution is 2.38. The van der Waals surface area contributed by atoms with Crippen LogP contribution in [-0.2, 0) is 16.8 Å². The number of H-pyrrole nitrogens is 2. The van der Waals surface area contributed by atoms with E-state index < -0.39 is 11.2 Å². The third-order valence-corrected chi connectivity index (χ3v) is 5.21. The molecule has 4 N–H and O–H groups in total. The molecule has 29 heavy (non-hydrogen) atoms. The molecule has 1 amide bonds. The fourth-order valence-corrected chi connectivity index (χ4v) is 3.68. The molecule has 1 atom stereocenters. The normalized spacial score (nSPS) is 13.0. The smallest absolute Gasteiger partial charge is 0.326 e. The number of hydrogen-bond donors (Lipinski definition) is 4. The number of unbranched alkanes of at least 4 members (excludes halogenated alkanes) is 1. The first-order valence-corrected chi connectivity index (χ1v) is 9.60. The van der Waals surface area contributed by atoms with Crippen molar-refractivity contribution < 1.29 is 15.1 Å². The molecule has 2 aromatic carbocycles. The van der Waals surface area contributed by atoms with Gasteiger partial charge in [-0.2, -0.15) is 0 Å². The summed E-state index contributed by atoms with van der Waals surface area (Å²) in [5.74, 6) is -0.382. The predicted octanol–water partition coefficient (Wildman–Crippen LogP) is 3.55. The molecule has 152 valence electrons. The zero-order valence-corrected chi connectivity index (χ0v) is 16.3. The summed E-state index contributed by atoms with van der Waals surface area (Å²) >= 11 is 0. The summed E-state index contributed by atoms with van der Waals surface area (Å²) in [7, 11) is 0. The number of carbonyl (C=O) groups is 1. The molecule has 0 bridgehead atoms. The molecule has 0 aliphatic heterocycles.